The third kappa shape index (κ3) is 2.54. The van der Waals surface area contributed by atoms with E-state index < -0.39 is 12.0 Å². The lowest BCUT2D eigenvalue weighted by atomic mass is 9.96. The molecule has 1 aromatic rings. The highest BCUT2D eigenvalue weighted by atomic mass is 79.9. The Morgan fingerprint density at radius 1 is 1.56 bits per heavy atom. The molecule has 1 aromatic carbocycles. The smallest absolute Gasteiger partial charge is 0.305 e. The van der Waals surface area contributed by atoms with Gasteiger partial charge >= 0.3 is 5.97 Å². The van der Waals surface area contributed by atoms with Crippen molar-refractivity contribution in [3.8, 4) is 5.75 Å². The molecule has 88 valence electrons. The Kier molecular flexibility index (Phi) is 3.93. The van der Waals surface area contributed by atoms with Crippen molar-refractivity contribution >= 4 is 21.9 Å². The molecule has 0 fully saturated rings. The Morgan fingerprint density at radius 2 is 2.12 bits per heavy atom. The molecule has 0 aliphatic heterocycles. The van der Waals surface area contributed by atoms with Crippen molar-refractivity contribution < 1.29 is 15.0 Å². The number of phenols is 1. The molecule has 16 heavy (non-hydrogen) atoms. The van der Waals surface area contributed by atoms with Gasteiger partial charge in [0, 0.05) is 16.1 Å². The molecule has 0 aromatic heterocycles. The summed E-state index contributed by atoms with van der Waals surface area (Å²) in [6.45, 7) is 3.54. The zero-order chi connectivity index (χ0) is 12.5. The largest absolute Gasteiger partial charge is 0.507 e. The van der Waals surface area contributed by atoms with Crippen LogP contribution in [0.25, 0.3) is 0 Å². The summed E-state index contributed by atoms with van der Waals surface area (Å²) in [6, 6.07) is 1.08. The van der Waals surface area contributed by atoms with Gasteiger partial charge in [0.1, 0.15) is 5.75 Å². The minimum Gasteiger partial charge on any atom is -0.507 e. The molecule has 0 aliphatic rings. The maximum atomic E-state index is 10.6. The van der Waals surface area contributed by atoms with Gasteiger partial charge in [-0.15, -0.1) is 0 Å². The minimum atomic E-state index is -0.982. The van der Waals surface area contributed by atoms with Crippen LogP contribution in [0.4, 0.5) is 0 Å². The highest BCUT2D eigenvalue weighted by Gasteiger charge is 2.19. The number of nitrogens with two attached hydrogens (primary N) is 1. The first-order valence-corrected chi connectivity index (χ1v) is 5.59. The monoisotopic (exact) mass is 287 g/mol. The van der Waals surface area contributed by atoms with Gasteiger partial charge in [-0.3, -0.25) is 4.79 Å². The van der Waals surface area contributed by atoms with E-state index in [1.54, 1.807) is 19.9 Å². The van der Waals surface area contributed by atoms with E-state index >= 15 is 0 Å². The number of halogens is 1. The van der Waals surface area contributed by atoms with Crippen molar-refractivity contribution in [1.29, 1.82) is 0 Å². The fourth-order valence-corrected chi connectivity index (χ4v) is 2.19. The van der Waals surface area contributed by atoms with Crippen molar-refractivity contribution in [2.45, 2.75) is 26.3 Å². The summed E-state index contributed by atoms with van der Waals surface area (Å²) in [6.07, 6.45) is -0.204. The van der Waals surface area contributed by atoms with Crippen LogP contribution < -0.4 is 5.73 Å². The standard InChI is InChI=1S/C11H14BrNO3/c1-5-3-7(12)6(2)10(11(5)16)8(13)4-9(14)15/h3,8,16H,4,13H2,1-2H3,(H,14,15). The van der Waals surface area contributed by atoms with E-state index in [1.807, 2.05) is 0 Å². The van der Waals surface area contributed by atoms with Crippen LogP contribution in [0.2, 0.25) is 0 Å². The summed E-state index contributed by atoms with van der Waals surface area (Å²) >= 11 is 3.35. The molecular weight excluding hydrogens is 274 g/mol. The number of phenolic OH excluding ortho intramolecular Hbond substituents is 1. The molecule has 4 nitrogen and oxygen atoms in total. The Bertz CT molecular complexity index is 405. The van der Waals surface area contributed by atoms with Gasteiger partial charge in [0.05, 0.1) is 6.42 Å². The number of carbonyl (C=O) groups is 1. The maximum Gasteiger partial charge on any atom is 0.305 e. The molecule has 0 spiro atoms. The van der Waals surface area contributed by atoms with Crippen LogP contribution in [-0.4, -0.2) is 16.2 Å². The lowest BCUT2D eigenvalue weighted by Crippen LogP contribution is -2.16. The predicted octanol–water partition coefficient (Wildman–Crippen LogP) is 2.25. The Labute approximate surface area is 102 Å². The molecule has 0 saturated carbocycles. The second-order valence-corrected chi connectivity index (χ2v) is 4.62. The lowest BCUT2D eigenvalue weighted by Gasteiger charge is -2.17. The third-order valence-electron chi connectivity index (χ3n) is 2.50. The number of aliphatic carboxylic acids is 1. The molecule has 1 atom stereocenters. The number of hydrogen-bond donors (Lipinski definition) is 3. The van der Waals surface area contributed by atoms with Crippen LogP contribution in [0.1, 0.15) is 29.2 Å². The average Bonchev–Trinajstić information content (AvgIpc) is 2.14. The first kappa shape index (κ1) is 13.0. The van der Waals surface area contributed by atoms with Crippen molar-refractivity contribution in [1.82, 2.24) is 0 Å². The Morgan fingerprint density at radius 3 is 2.62 bits per heavy atom. The first-order chi connectivity index (χ1) is 7.34. The summed E-state index contributed by atoms with van der Waals surface area (Å²) < 4.78 is 0.818. The van der Waals surface area contributed by atoms with Gasteiger partial charge in [0.2, 0.25) is 0 Å². The van der Waals surface area contributed by atoms with Crippen LogP contribution in [-0.2, 0) is 4.79 Å². The second kappa shape index (κ2) is 4.84. The first-order valence-electron chi connectivity index (χ1n) is 4.80. The van der Waals surface area contributed by atoms with E-state index in [4.69, 9.17) is 10.8 Å². The zero-order valence-electron chi connectivity index (χ0n) is 9.12. The number of carboxylic acids is 1. The molecule has 0 amide bonds. The third-order valence-corrected chi connectivity index (χ3v) is 3.32. The quantitative estimate of drug-likeness (QED) is 0.796. The number of hydrogen-bond acceptors (Lipinski definition) is 3. The molecular formula is C11H14BrNO3. The molecule has 0 radical (unpaired) electrons. The van der Waals surface area contributed by atoms with Gasteiger partial charge in [-0.25, -0.2) is 0 Å². The topological polar surface area (TPSA) is 83.6 Å². The molecule has 1 unspecified atom stereocenters. The van der Waals surface area contributed by atoms with E-state index in [1.165, 1.54) is 0 Å². The summed E-state index contributed by atoms with van der Waals surface area (Å²) in [5, 5.41) is 18.6. The van der Waals surface area contributed by atoms with E-state index in [0.29, 0.717) is 11.1 Å². The molecule has 5 heteroatoms. The summed E-state index contributed by atoms with van der Waals surface area (Å²) in [5.74, 6) is -0.904. The minimum absolute atomic E-state index is 0.0782. The van der Waals surface area contributed by atoms with Crippen LogP contribution in [0.15, 0.2) is 10.5 Å². The molecule has 0 aliphatic carbocycles. The fraction of sp³-hybridized carbons (Fsp3) is 0.364. The van der Waals surface area contributed by atoms with Gasteiger partial charge < -0.3 is 15.9 Å². The summed E-state index contributed by atoms with van der Waals surface area (Å²) in [5.41, 5.74) is 7.72. The lowest BCUT2D eigenvalue weighted by molar-refractivity contribution is -0.137. The molecule has 0 saturated heterocycles. The van der Waals surface area contributed by atoms with Gasteiger partial charge in [-0.1, -0.05) is 15.9 Å². The van der Waals surface area contributed by atoms with Gasteiger partial charge in [0.15, 0.2) is 0 Å². The molecule has 1 rings (SSSR count). The van der Waals surface area contributed by atoms with Crippen LogP contribution >= 0.6 is 15.9 Å². The highest BCUT2D eigenvalue weighted by molar-refractivity contribution is 9.10. The number of benzene rings is 1. The molecule has 4 N–H and O–H groups in total. The highest BCUT2D eigenvalue weighted by Crippen LogP contribution is 2.35. The van der Waals surface area contributed by atoms with Crippen molar-refractivity contribution in [2.24, 2.45) is 5.73 Å². The van der Waals surface area contributed by atoms with Gasteiger partial charge in [-0.05, 0) is 31.0 Å². The van der Waals surface area contributed by atoms with Crippen LogP contribution in [0.3, 0.4) is 0 Å². The Hall–Kier alpha value is -1.07. The van der Waals surface area contributed by atoms with E-state index in [-0.39, 0.29) is 12.2 Å². The van der Waals surface area contributed by atoms with Crippen LogP contribution in [0.5, 0.6) is 5.75 Å². The average molecular weight is 288 g/mol. The Balaban J connectivity index is 3.26. The van der Waals surface area contributed by atoms with Gasteiger partial charge in [0.25, 0.3) is 0 Å². The van der Waals surface area contributed by atoms with Crippen molar-refractivity contribution in [3.05, 3.63) is 27.2 Å². The van der Waals surface area contributed by atoms with E-state index in [2.05, 4.69) is 15.9 Å². The number of aromatic hydroxyl groups is 1. The maximum absolute atomic E-state index is 10.6. The fourth-order valence-electron chi connectivity index (χ4n) is 1.63. The normalized spacial score (nSPS) is 12.5. The van der Waals surface area contributed by atoms with Crippen molar-refractivity contribution in [3.63, 3.8) is 0 Å². The summed E-state index contributed by atoms with van der Waals surface area (Å²) in [7, 11) is 0. The predicted molar refractivity (Wildman–Crippen MR) is 64.5 cm³/mol. The van der Waals surface area contributed by atoms with E-state index in [9.17, 15) is 9.90 Å². The number of rotatable bonds is 3. The van der Waals surface area contributed by atoms with E-state index in [0.717, 1.165) is 10.0 Å². The SMILES string of the molecule is Cc1cc(Br)c(C)c(C(N)CC(=O)O)c1O. The second-order valence-electron chi connectivity index (χ2n) is 3.77. The zero-order valence-corrected chi connectivity index (χ0v) is 10.7. The number of aryl methyl sites for hydroxylation is 1. The molecule has 0 bridgehead atoms. The van der Waals surface area contributed by atoms with Gasteiger partial charge in [-0.2, -0.15) is 0 Å². The molecule has 0 heterocycles. The van der Waals surface area contributed by atoms with Crippen molar-refractivity contribution in [2.75, 3.05) is 0 Å². The number of carboxylic acid groups (broad SMARTS) is 1. The summed E-state index contributed by atoms with van der Waals surface area (Å²) in [4.78, 5) is 10.6. The van der Waals surface area contributed by atoms with Crippen LogP contribution in [0, 0.1) is 13.8 Å².